The summed E-state index contributed by atoms with van der Waals surface area (Å²) in [5.74, 6) is -0.372. The molecule has 0 unspecified atom stereocenters. The normalized spacial score (nSPS) is 11.0. The fourth-order valence-corrected chi connectivity index (χ4v) is 2.87. The fraction of sp³-hybridized carbons (Fsp3) is 0.188. The van der Waals surface area contributed by atoms with Gasteiger partial charge in [-0.2, -0.15) is 0 Å². The van der Waals surface area contributed by atoms with E-state index in [0.29, 0.717) is 11.4 Å². The van der Waals surface area contributed by atoms with Gasteiger partial charge in [0.2, 0.25) is 5.91 Å². The molecule has 128 valence electrons. The molecular weight excluding hydrogens is 335 g/mol. The van der Waals surface area contributed by atoms with Gasteiger partial charge in [-0.25, -0.2) is 12.8 Å². The van der Waals surface area contributed by atoms with Crippen LogP contribution < -0.4 is 15.4 Å². The van der Waals surface area contributed by atoms with Gasteiger partial charge in [0.05, 0.1) is 24.2 Å². The number of benzene rings is 2. The summed E-state index contributed by atoms with van der Waals surface area (Å²) in [5, 5.41) is 5.36. The van der Waals surface area contributed by atoms with Gasteiger partial charge in [0.25, 0.3) is 0 Å². The number of hydrogen-bond donors (Lipinski definition) is 2. The Morgan fingerprint density at radius 1 is 1.17 bits per heavy atom. The highest BCUT2D eigenvalue weighted by Crippen LogP contribution is 2.22. The number of sulfone groups is 1. The van der Waals surface area contributed by atoms with Gasteiger partial charge in [0.15, 0.2) is 9.84 Å². The summed E-state index contributed by atoms with van der Waals surface area (Å²) < 4.78 is 41.6. The molecule has 2 rings (SSSR count). The average molecular weight is 352 g/mol. The molecule has 0 spiro atoms. The molecule has 0 aliphatic rings. The minimum absolute atomic E-state index is 0.166. The van der Waals surface area contributed by atoms with Crippen LogP contribution in [-0.4, -0.2) is 34.2 Å². The molecular formula is C16H17FN2O4S. The number of methoxy groups -OCH3 is 1. The number of rotatable bonds is 6. The average Bonchev–Trinajstić information content (AvgIpc) is 2.53. The Kier molecular flexibility index (Phi) is 5.40. The molecule has 1 amide bonds. The zero-order valence-corrected chi connectivity index (χ0v) is 14.0. The molecule has 0 radical (unpaired) electrons. The Labute approximate surface area is 139 Å². The van der Waals surface area contributed by atoms with Crippen molar-refractivity contribution in [3.05, 3.63) is 48.3 Å². The minimum Gasteiger partial charge on any atom is -0.497 e. The van der Waals surface area contributed by atoms with E-state index in [1.807, 2.05) is 0 Å². The number of nitrogens with one attached hydrogen (secondary N) is 2. The molecule has 0 aliphatic heterocycles. The van der Waals surface area contributed by atoms with Crippen LogP contribution in [-0.2, 0) is 14.6 Å². The molecule has 0 aromatic heterocycles. The lowest BCUT2D eigenvalue weighted by molar-refractivity contribution is -0.114. The van der Waals surface area contributed by atoms with E-state index >= 15 is 0 Å². The predicted molar refractivity (Wildman–Crippen MR) is 89.6 cm³/mol. The number of carbonyl (C=O) groups excluding carboxylic acids is 1. The van der Waals surface area contributed by atoms with Crippen LogP contribution in [0.25, 0.3) is 0 Å². The summed E-state index contributed by atoms with van der Waals surface area (Å²) in [6.07, 6.45) is 0.977. The number of anilines is 2. The predicted octanol–water partition coefficient (Wildman–Crippen LogP) is 2.29. The van der Waals surface area contributed by atoms with Gasteiger partial charge in [-0.3, -0.25) is 4.79 Å². The van der Waals surface area contributed by atoms with E-state index < -0.39 is 15.7 Å². The van der Waals surface area contributed by atoms with Crippen molar-refractivity contribution in [3.8, 4) is 5.75 Å². The van der Waals surface area contributed by atoms with Crippen molar-refractivity contribution in [2.24, 2.45) is 0 Å². The second kappa shape index (κ2) is 7.31. The third kappa shape index (κ3) is 4.69. The van der Waals surface area contributed by atoms with Crippen molar-refractivity contribution in [2.75, 3.05) is 30.5 Å². The molecule has 0 fully saturated rings. The minimum atomic E-state index is -3.62. The Morgan fingerprint density at radius 3 is 2.42 bits per heavy atom. The Morgan fingerprint density at radius 2 is 1.83 bits per heavy atom. The Bertz CT molecular complexity index is 836. The van der Waals surface area contributed by atoms with Crippen molar-refractivity contribution in [2.45, 2.75) is 4.90 Å². The van der Waals surface area contributed by atoms with Gasteiger partial charge in [-0.15, -0.1) is 0 Å². The monoisotopic (exact) mass is 352 g/mol. The molecule has 0 saturated carbocycles. The molecule has 2 N–H and O–H groups in total. The maximum atomic E-state index is 13.2. The van der Waals surface area contributed by atoms with E-state index in [1.165, 1.54) is 6.07 Å². The molecule has 0 bridgehead atoms. The fourth-order valence-electron chi connectivity index (χ4n) is 2.00. The van der Waals surface area contributed by atoms with E-state index in [9.17, 15) is 17.6 Å². The molecule has 0 atom stereocenters. The lowest BCUT2D eigenvalue weighted by Crippen LogP contribution is -2.22. The summed E-state index contributed by atoms with van der Waals surface area (Å²) in [4.78, 5) is 11.7. The molecule has 8 heteroatoms. The van der Waals surface area contributed by atoms with Crippen molar-refractivity contribution in [1.29, 1.82) is 0 Å². The smallest absolute Gasteiger partial charge is 0.243 e. The van der Waals surface area contributed by atoms with Crippen LogP contribution in [0.5, 0.6) is 5.75 Å². The van der Waals surface area contributed by atoms with Gasteiger partial charge in [0, 0.05) is 11.9 Å². The Hall–Kier alpha value is -2.61. The molecule has 6 nitrogen and oxygen atoms in total. The van der Waals surface area contributed by atoms with Gasteiger partial charge < -0.3 is 15.4 Å². The molecule has 2 aromatic carbocycles. The van der Waals surface area contributed by atoms with Crippen LogP contribution in [0.2, 0.25) is 0 Å². The van der Waals surface area contributed by atoms with E-state index in [-0.39, 0.29) is 23.0 Å². The maximum Gasteiger partial charge on any atom is 0.243 e. The highest BCUT2D eigenvalue weighted by molar-refractivity contribution is 7.90. The topological polar surface area (TPSA) is 84.5 Å². The van der Waals surface area contributed by atoms with E-state index in [1.54, 1.807) is 31.4 Å². The lowest BCUT2D eigenvalue weighted by Gasteiger charge is -2.11. The van der Waals surface area contributed by atoms with E-state index in [4.69, 9.17) is 4.74 Å². The summed E-state index contributed by atoms with van der Waals surface area (Å²) in [5.41, 5.74) is 0.744. The van der Waals surface area contributed by atoms with E-state index in [2.05, 4.69) is 10.6 Å². The zero-order valence-electron chi connectivity index (χ0n) is 13.2. The SMILES string of the molecule is COc1ccc(NC(=O)CNc2ccc(F)cc2S(C)(=O)=O)cc1. The van der Waals surface area contributed by atoms with Crippen LogP contribution in [0.15, 0.2) is 47.4 Å². The standard InChI is InChI=1S/C16H17FN2O4S/c1-23-13-6-4-12(5-7-13)19-16(20)10-18-14-8-3-11(17)9-15(14)24(2,21)22/h3-9,18H,10H2,1-2H3,(H,19,20). The maximum absolute atomic E-state index is 13.2. The van der Waals surface area contributed by atoms with Gasteiger partial charge in [0.1, 0.15) is 11.6 Å². The first-order valence-electron chi connectivity index (χ1n) is 6.97. The number of amides is 1. The molecule has 0 aliphatic carbocycles. The molecule has 2 aromatic rings. The van der Waals surface area contributed by atoms with Gasteiger partial charge in [-0.05, 0) is 42.5 Å². The second-order valence-corrected chi connectivity index (χ2v) is 7.03. The summed E-state index contributed by atoms with van der Waals surface area (Å²) in [6, 6.07) is 10.1. The van der Waals surface area contributed by atoms with Crippen molar-refractivity contribution in [1.82, 2.24) is 0 Å². The summed E-state index contributed by atoms with van der Waals surface area (Å²) in [7, 11) is -2.08. The number of hydrogen-bond acceptors (Lipinski definition) is 5. The van der Waals surface area contributed by atoms with Crippen LogP contribution in [0.1, 0.15) is 0 Å². The summed E-state index contributed by atoms with van der Waals surface area (Å²) in [6.45, 7) is -0.166. The first kappa shape index (κ1) is 17.7. The highest BCUT2D eigenvalue weighted by atomic mass is 32.2. The first-order chi connectivity index (χ1) is 11.3. The molecule has 24 heavy (non-hydrogen) atoms. The zero-order chi connectivity index (χ0) is 17.7. The highest BCUT2D eigenvalue weighted by Gasteiger charge is 2.15. The van der Waals surface area contributed by atoms with E-state index in [0.717, 1.165) is 18.4 Å². The lowest BCUT2D eigenvalue weighted by atomic mass is 10.3. The van der Waals surface area contributed by atoms with Crippen LogP contribution in [0.3, 0.4) is 0 Å². The number of carbonyl (C=O) groups is 1. The van der Waals surface area contributed by atoms with Crippen molar-refractivity contribution < 1.29 is 22.3 Å². The summed E-state index contributed by atoms with van der Waals surface area (Å²) >= 11 is 0. The third-order valence-corrected chi connectivity index (χ3v) is 4.29. The number of ether oxygens (including phenoxy) is 1. The quantitative estimate of drug-likeness (QED) is 0.833. The third-order valence-electron chi connectivity index (χ3n) is 3.16. The van der Waals surface area contributed by atoms with Crippen LogP contribution in [0, 0.1) is 5.82 Å². The molecule has 0 heterocycles. The van der Waals surface area contributed by atoms with Crippen LogP contribution >= 0.6 is 0 Å². The second-order valence-electron chi connectivity index (χ2n) is 5.04. The van der Waals surface area contributed by atoms with Gasteiger partial charge >= 0.3 is 0 Å². The molecule has 0 saturated heterocycles. The first-order valence-corrected chi connectivity index (χ1v) is 8.86. The van der Waals surface area contributed by atoms with Gasteiger partial charge in [-0.1, -0.05) is 0 Å². The Balaban J connectivity index is 2.04. The largest absolute Gasteiger partial charge is 0.497 e. The van der Waals surface area contributed by atoms with Crippen molar-refractivity contribution >= 4 is 27.1 Å². The number of halogens is 1. The van der Waals surface area contributed by atoms with Crippen LogP contribution in [0.4, 0.5) is 15.8 Å². The van der Waals surface area contributed by atoms with Crippen molar-refractivity contribution in [3.63, 3.8) is 0 Å².